The van der Waals surface area contributed by atoms with Crippen LogP contribution in [-0.4, -0.2) is 15.0 Å². The topological polar surface area (TPSA) is 46.2 Å². The minimum Gasteiger partial charge on any atom is -0.211 e. The van der Waals surface area contributed by atoms with E-state index in [1.165, 1.54) is 0 Å². The van der Waals surface area contributed by atoms with Crippen molar-refractivity contribution in [3.8, 4) is 0 Å². The SMILES string of the molecule is Cc1ccc(S(=O)(=O)NCC(C)(C)C[CH+]c2ccccc2)cc1. The lowest BCUT2D eigenvalue weighted by atomic mass is 9.86. The Morgan fingerprint density at radius 2 is 1.61 bits per heavy atom. The summed E-state index contributed by atoms with van der Waals surface area (Å²) in [5.74, 6) is 0. The zero-order valence-corrected chi connectivity index (χ0v) is 14.7. The van der Waals surface area contributed by atoms with Crippen LogP contribution in [0.3, 0.4) is 0 Å². The molecule has 0 saturated carbocycles. The normalized spacial score (nSPS) is 12.1. The van der Waals surface area contributed by atoms with Crippen LogP contribution in [0.15, 0.2) is 59.5 Å². The van der Waals surface area contributed by atoms with Crippen LogP contribution in [0.4, 0.5) is 0 Å². The van der Waals surface area contributed by atoms with Crippen molar-refractivity contribution in [2.75, 3.05) is 6.54 Å². The van der Waals surface area contributed by atoms with Crippen LogP contribution in [-0.2, 0) is 10.0 Å². The Kier molecular flexibility index (Phi) is 5.50. The molecular weight excluding hydrogens is 306 g/mol. The Hall–Kier alpha value is -1.78. The molecule has 0 atom stereocenters. The number of nitrogens with one attached hydrogen (secondary N) is 1. The van der Waals surface area contributed by atoms with Crippen molar-refractivity contribution >= 4 is 10.0 Å². The Balaban J connectivity index is 1.93. The van der Waals surface area contributed by atoms with E-state index in [0.29, 0.717) is 11.4 Å². The number of aryl methyl sites for hydroxylation is 1. The fourth-order valence-electron chi connectivity index (χ4n) is 2.15. The predicted octanol–water partition coefficient (Wildman–Crippen LogP) is 3.94. The van der Waals surface area contributed by atoms with E-state index < -0.39 is 10.0 Å². The van der Waals surface area contributed by atoms with Crippen LogP contribution in [0.1, 0.15) is 31.4 Å². The molecule has 0 aliphatic rings. The zero-order chi connectivity index (χ0) is 16.9. The molecule has 2 aromatic carbocycles. The largest absolute Gasteiger partial charge is 0.240 e. The van der Waals surface area contributed by atoms with Gasteiger partial charge >= 0.3 is 0 Å². The van der Waals surface area contributed by atoms with Gasteiger partial charge in [0.2, 0.25) is 10.0 Å². The highest BCUT2D eigenvalue weighted by Gasteiger charge is 2.24. The van der Waals surface area contributed by atoms with Gasteiger partial charge in [-0.25, -0.2) is 13.1 Å². The van der Waals surface area contributed by atoms with Gasteiger partial charge in [0.1, 0.15) is 5.56 Å². The standard InChI is InChI=1S/C19H24NO2S/c1-16-9-11-18(12-10-16)23(21,22)20-15-19(2,3)14-13-17-7-5-4-6-8-17/h4-13,20H,14-15H2,1-3H3/q+1. The maximum Gasteiger partial charge on any atom is 0.240 e. The molecule has 0 spiro atoms. The summed E-state index contributed by atoms with van der Waals surface area (Å²) in [5, 5.41) is 0. The molecule has 0 saturated heterocycles. The average Bonchev–Trinajstić information content (AvgIpc) is 2.53. The smallest absolute Gasteiger partial charge is 0.211 e. The lowest BCUT2D eigenvalue weighted by Gasteiger charge is -2.23. The first-order chi connectivity index (χ1) is 10.8. The van der Waals surface area contributed by atoms with Gasteiger partial charge in [0.05, 0.1) is 4.90 Å². The van der Waals surface area contributed by atoms with Crippen LogP contribution in [0.5, 0.6) is 0 Å². The number of hydrogen-bond acceptors (Lipinski definition) is 2. The summed E-state index contributed by atoms with van der Waals surface area (Å²) < 4.78 is 27.4. The van der Waals surface area contributed by atoms with E-state index in [9.17, 15) is 8.42 Å². The van der Waals surface area contributed by atoms with E-state index in [2.05, 4.69) is 25.0 Å². The zero-order valence-electron chi connectivity index (χ0n) is 13.9. The lowest BCUT2D eigenvalue weighted by molar-refractivity contribution is 0.360. The molecule has 0 fully saturated rings. The highest BCUT2D eigenvalue weighted by Crippen LogP contribution is 2.24. The molecule has 0 heterocycles. The maximum absolute atomic E-state index is 12.3. The first-order valence-corrected chi connectivity index (χ1v) is 9.21. The molecule has 1 N–H and O–H groups in total. The predicted molar refractivity (Wildman–Crippen MR) is 94.6 cm³/mol. The fourth-order valence-corrected chi connectivity index (χ4v) is 3.39. The second kappa shape index (κ2) is 7.20. The highest BCUT2D eigenvalue weighted by atomic mass is 32.2. The molecule has 0 radical (unpaired) electrons. The molecule has 23 heavy (non-hydrogen) atoms. The van der Waals surface area contributed by atoms with Crippen molar-refractivity contribution in [1.82, 2.24) is 4.72 Å². The van der Waals surface area contributed by atoms with Gasteiger partial charge in [0.15, 0.2) is 0 Å². The van der Waals surface area contributed by atoms with Crippen molar-refractivity contribution < 1.29 is 8.42 Å². The Labute approximate surface area is 139 Å². The molecule has 4 heteroatoms. The molecule has 3 nitrogen and oxygen atoms in total. The number of hydrogen-bond donors (Lipinski definition) is 1. The van der Waals surface area contributed by atoms with E-state index in [1.807, 2.05) is 49.4 Å². The fraction of sp³-hybridized carbons (Fsp3) is 0.316. The molecule has 0 unspecified atom stereocenters. The van der Waals surface area contributed by atoms with Gasteiger partial charge in [-0.2, -0.15) is 0 Å². The molecule has 0 aromatic heterocycles. The highest BCUT2D eigenvalue weighted by molar-refractivity contribution is 7.89. The number of benzene rings is 2. The van der Waals surface area contributed by atoms with Crippen molar-refractivity contribution in [2.24, 2.45) is 5.41 Å². The van der Waals surface area contributed by atoms with E-state index in [-0.39, 0.29) is 5.41 Å². The molecule has 2 aromatic rings. The van der Waals surface area contributed by atoms with Gasteiger partial charge in [0.25, 0.3) is 0 Å². The van der Waals surface area contributed by atoms with Crippen molar-refractivity contribution in [3.05, 3.63) is 72.1 Å². The van der Waals surface area contributed by atoms with Crippen LogP contribution in [0, 0.1) is 18.8 Å². The lowest BCUT2D eigenvalue weighted by Crippen LogP contribution is -2.34. The summed E-state index contributed by atoms with van der Waals surface area (Å²) in [5.41, 5.74) is 2.04. The molecule has 0 amide bonds. The van der Waals surface area contributed by atoms with Crippen LogP contribution in [0.25, 0.3) is 0 Å². The monoisotopic (exact) mass is 330 g/mol. The maximum atomic E-state index is 12.3. The minimum absolute atomic E-state index is 0.159. The Morgan fingerprint density at radius 3 is 2.22 bits per heavy atom. The average molecular weight is 330 g/mol. The summed E-state index contributed by atoms with van der Waals surface area (Å²) in [6.45, 7) is 6.45. The molecule has 0 aliphatic carbocycles. The van der Waals surface area contributed by atoms with E-state index in [1.54, 1.807) is 12.1 Å². The summed E-state index contributed by atoms with van der Waals surface area (Å²) in [7, 11) is -3.46. The van der Waals surface area contributed by atoms with Gasteiger partial charge in [-0.1, -0.05) is 31.5 Å². The van der Waals surface area contributed by atoms with Crippen LogP contribution in [0.2, 0.25) is 0 Å². The van der Waals surface area contributed by atoms with Gasteiger partial charge in [-0.15, -0.1) is 0 Å². The van der Waals surface area contributed by atoms with E-state index in [4.69, 9.17) is 0 Å². The molecular formula is C19H24NO2S+. The van der Waals surface area contributed by atoms with Crippen LogP contribution < -0.4 is 4.72 Å². The summed E-state index contributed by atoms with van der Waals surface area (Å²) in [6, 6.07) is 17.0. The van der Waals surface area contributed by atoms with Crippen molar-refractivity contribution in [2.45, 2.75) is 32.1 Å². The van der Waals surface area contributed by atoms with Crippen LogP contribution >= 0.6 is 0 Å². The summed E-state index contributed by atoms with van der Waals surface area (Å²) in [6.07, 6.45) is 2.94. The van der Waals surface area contributed by atoms with Gasteiger partial charge in [0, 0.05) is 31.5 Å². The molecule has 0 aliphatic heterocycles. The molecule has 2 rings (SSSR count). The quantitative estimate of drug-likeness (QED) is 0.782. The number of sulfonamides is 1. The molecule has 0 bridgehead atoms. The van der Waals surface area contributed by atoms with Crippen molar-refractivity contribution in [1.29, 1.82) is 0 Å². The third-order valence-corrected chi connectivity index (χ3v) is 5.18. The number of rotatable bonds is 7. The van der Waals surface area contributed by atoms with Gasteiger partial charge < -0.3 is 0 Å². The first kappa shape index (κ1) is 17.6. The third kappa shape index (κ3) is 5.41. The third-order valence-electron chi connectivity index (χ3n) is 3.76. The minimum atomic E-state index is -3.46. The Morgan fingerprint density at radius 1 is 1.00 bits per heavy atom. The molecule has 122 valence electrons. The Bertz CT molecular complexity index is 720. The summed E-state index contributed by atoms with van der Waals surface area (Å²) in [4.78, 5) is 0.311. The summed E-state index contributed by atoms with van der Waals surface area (Å²) >= 11 is 0. The second-order valence-electron chi connectivity index (χ2n) is 6.62. The van der Waals surface area contributed by atoms with Gasteiger partial charge in [-0.3, -0.25) is 0 Å². The van der Waals surface area contributed by atoms with E-state index >= 15 is 0 Å². The van der Waals surface area contributed by atoms with Gasteiger partial charge in [-0.05, 0) is 42.7 Å². The van der Waals surface area contributed by atoms with E-state index in [0.717, 1.165) is 17.5 Å². The first-order valence-electron chi connectivity index (χ1n) is 7.73. The second-order valence-corrected chi connectivity index (χ2v) is 8.39. The van der Waals surface area contributed by atoms with Crippen molar-refractivity contribution in [3.63, 3.8) is 0 Å².